The second kappa shape index (κ2) is 2.53. The highest BCUT2D eigenvalue weighted by atomic mass is 32.2. The lowest BCUT2D eigenvalue weighted by atomic mass is 11.4. The van der Waals surface area contributed by atoms with Crippen LogP contribution in [0.3, 0.4) is 0 Å². The van der Waals surface area contributed by atoms with Crippen molar-refractivity contribution in [2.24, 2.45) is 4.99 Å². The van der Waals surface area contributed by atoms with Gasteiger partial charge in [0.2, 0.25) is 0 Å². The maximum atomic E-state index is 3.95. The minimum atomic E-state index is 0.910. The highest BCUT2D eigenvalue weighted by Crippen LogP contribution is 2.19. The molecule has 0 saturated carbocycles. The first-order valence-electron chi connectivity index (χ1n) is 1.57. The summed E-state index contributed by atoms with van der Waals surface area (Å²) < 4.78 is 0. The van der Waals surface area contributed by atoms with Crippen LogP contribution in [0, 0.1) is 5.08 Å². The highest BCUT2D eigenvalue weighted by Gasteiger charge is 1.89. The van der Waals surface area contributed by atoms with Gasteiger partial charge in [0.1, 0.15) is 0 Å². The number of thioether (sulfide) groups is 2. The molecule has 0 aromatic rings. The molecule has 1 aliphatic heterocycles. The summed E-state index contributed by atoms with van der Waals surface area (Å²) in [6.45, 7) is 0. The zero-order valence-corrected chi connectivity index (χ0v) is 4.76. The summed E-state index contributed by atoms with van der Waals surface area (Å²) in [4.78, 5) is 3.95. The lowest BCUT2D eigenvalue weighted by molar-refractivity contribution is 1.41. The van der Waals surface area contributed by atoms with Crippen LogP contribution in [0.15, 0.2) is 4.99 Å². The Balaban J connectivity index is 2.26. The molecule has 0 spiro atoms. The van der Waals surface area contributed by atoms with Crippen molar-refractivity contribution in [3.63, 3.8) is 0 Å². The Morgan fingerprint density at radius 3 is 2.83 bits per heavy atom. The Hall–Kier alpha value is 0.370. The van der Waals surface area contributed by atoms with Gasteiger partial charge >= 0.3 is 0 Å². The van der Waals surface area contributed by atoms with Crippen LogP contribution in [0.1, 0.15) is 0 Å². The van der Waals surface area contributed by atoms with Gasteiger partial charge in [-0.1, -0.05) is 11.8 Å². The summed E-state index contributed by atoms with van der Waals surface area (Å²) in [5, 5.41) is 2.08. The molecule has 0 aromatic heterocycles. The van der Waals surface area contributed by atoms with E-state index < -0.39 is 0 Å². The summed E-state index contributed by atoms with van der Waals surface area (Å²) in [5.41, 5.74) is 1.86. The van der Waals surface area contributed by atoms with Crippen molar-refractivity contribution in [1.82, 2.24) is 0 Å². The van der Waals surface area contributed by atoms with Gasteiger partial charge < -0.3 is 0 Å². The zero-order valence-electron chi connectivity index (χ0n) is 3.13. The Labute approximate surface area is 45.6 Å². The molecule has 3 heteroatoms. The average Bonchev–Trinajstić information content (AvgIpc) is 1.72. The van der Waals surface area contributed by atoms with Crippen LogP contribution in [0.2, 0.25) is 0 Å². The molecule has 6 heavy (non-hydrogen) atoms. The molecule has 0 amide bonds. The normalized spacial score (nSPS) is 21.3. The van der Waals surface area contributed by atoms with E-state index in [1.165, 1.54) is 0 Å². The second-order valence-electron chi connectivity index (χ2n) is 0.816. The zero-order chi connectivity index (χ0) is 4.24. The molecule has 1 aliphatic rings. The van der Waals surface area contributed by atoms with Gasteiger partial charge in [0, 0.05) is 0 Å². The summed E-state index contributed by atoms with van der Waals surface area (Å²) in [5.74, 6) is 0.910. The number of hydrogen-bond donors (Lipinski definition) is 0. The molecule has 0 aliphatic carbocycles. The Kier molecular flexibility index (Phi) is 1.91. The van der Waals surface area contributed by atoms with Crippen LogP contribution >= 0.6 is 23.5 Å². The summed E-state index contributed by atoms with van der Waals surface area (Å²) in [6, 6.07) is 0. The second-order valence-corrected chi connectivity index (χ2v) is 2.66. The molecule has 0 aromatic carbocycles. The lowest BCUT2D eigenvalue weighted by Gasteiger charge is -1.96. The molecular formula is C3H4NS2. The van der Waals surface area contributed by atoms with E-state index in [4.69, 9.17) is 0 Å². The Bertz CT molecular complexity index is 53.8. The maximum Gasteiger partial charge on any atom is 0.0862 e. The highest BCUT2D eigenvalue weighted by molar-refractivity contribution is 8.26. The maximum absolute atomic E-state index is 3.95. The molecule has 0 fully saturated rings. The van der Waals surface area contributed by atoms with E-state index in [-0.39, 0.29) is 0 Å². The summed E-state index contributed by atoms with van der Waals surface area (Å²) >= 11 is 3.38. The quantitative estimate of drug-likeness (QED) is 0.478. The van der Waals surface area contributed by atoms with E-state index in [1.54, 1.807) is 23.5 Å². The fourth-order valence-electron chi connectivity index (χ4n) is 0.211. The standard InChI is InChI=1S/C3H4NS2/c1-4-2-6-3-5-1/h1,3H,2H2. The van der Waals surface area contributed by atoms with Gasteiger partial charge in [-0.05, 0) is 0 Å². The van der Waals surface area contributed by atoms with E-state index in [0.29, 0.717) is 0 Å². The minimum absolute atomic E-state index is 0.910. The third kappa shape index (κ3) is 1.22. The summed E-state index contributed by atoms with van der Waals surface area (Å²) in [7, 11) is 0. The number of nitrogens with zero attached hydrogens (tertiary/aromatic N) is 1. The van der Waals surface area contributed by atoms with Gasteiger partial charge in [-0.2, -0.15) is 0 Å². The van der Waals surface area contributed by atoms with Crippen molar-refractivity contribution >= 4 is 29.1 Å². The molecule has 0 atom stereocenters. The smallest absolute Gasteiger partial charge is 0.0862 e. The van der Waals surface area contributed by atoms with Crippen molar-refractivity contribution in [3.8, 4) is 0 Å². The number of rotatable bonds is 0. The van der Waals surface area contributed by atoms with Crippen molar-refractivity contribution in [3.05, 3.63) is 5.08 Å². The SMILES string of the molecule is [CH]1SC=NCS1. The van der Waals surface area contributed by atoms with Gasteiger partial charge in [0.15, 0.2) is 0 Å². The van der Waals surface area contributed by atoms with E-state index >= 15 is 0 Å². The van der Waals surface area contributed by atoms with Gasteiger partial charge in [0.25, 0.3) is 0 Å². The van der Waals surface area contributed by atoms with Gasteiger partial charge in [0.05, 0.1) is 16.5 Å². The fraction of sp³-hybridized carbons (Fsp3) is 0.333. The van der Waals surface area contributed by atoms with Crippen LogP contribution < -0.4 is 0 Å². The van der Waals surface area contributed by atoms with E-state index in [0.717, 1.165) is 5.88 Å². The Morgan fingerprint density at radius 1 is 1.67 bits per heavy atom. The largest absolute Gasteiger partial charge is 0.275 e. The van der Waals surface area contributed by atoms with Crippen LogP contribution in [0.25, 0.3) is 0 Å². The van der Waals surface area contributed by atoms with Crippen LogP contribution in [0.5, 0.6) is 0 Å². The molecule has 1 radical (unpaired) electrons. The molecule has 0 N–H and O–H groups in total. The molecule has 1 nitrogen and oxygen atoms in total. The van der Waals surface area contributed by atoms with E-state index in [9.17, 15) is 0 Å². The van der Waals surface area contributed by atoms with Crippen LogP contribution in [-0.4, -0.2) is 11.4 Å². The molecule has 0 saturated heterocycles. The number of aliphatic imine (C=N–C) groups is 1. The number of hydrogen-bond acceptors (Lipinski definition) is 3. The van der Waals surface area contributed by atoms with E-state index in [2.05, 4.69) is 10.1 Å². The monoisotopic (exact) mass is 118 g/mol. The first-order valence-corrected chi connectivity index (χ1v) is 3.56. The van der Waals surface area contributed by atoms with Crippen molar-refractivity contribution in [1.29, 1.82) is 0 Å². The van der Waals surface area contributed by atoms with Crippen LogP contribution in [-0.2, 0) is 0 Å². The first-order chi connectivity index (χ1) is 3.00. The molecule has 1 rings (SSSR count). The van der Waals surface area contributed by atoms with Crippen LogP contribution in [0.4, 0.5) is 0 Å². The molecule has 0 bridgehead atoms. The Morgan fingerprint density at radius 2 is 2.67 bits per heavy atom. The first kappa shape index (κ1) is 4.53. The molecule has 33 valence electrons. The molecular weight excluding hydrogens is 114 g/mol. The van der Waals surface area contributed by atoms with Gasteiger partial charge in [-0.25, -0.2) is 0 Å². The third-order valence-corrected chi connectivity index (χ3v) is 1.97. The summed E-state index contributed by atoms with van der Waals surface area (Å²) in [6.07, 6.45) is 0. The van der Waals surface area contributed by atoms with Crippen molar-refractivity contribution in [2.45, 2.75) is 0 Å². The van der Waals surface area contributed by atoms with Gasteiger partial charge in [-0.15, -0.1) is 11.8 Å². The fourth-order valence-corrected chi connectivity index (χ4v) is 1.38. The molecule has 0 unspecified atom stereocenters. The minimum Gasteiger partial charge on any atom is -0.275 e. The topological polar surface area (TPSA) is 12.4 Å². The van der Waals surface area contributed by atoms with E-state index in [1.807, 2.05) is 5.55 Å². The van der Waals surface area contributed by atoms with Crippen molar-refractivity contribution in [2.75, 3.05) is 5.88 Å². The van der Waals surface area contributed by atoms with Crippen molar-refractivity contribution < 1.29 is 0 Å². The average molecular weight is 118 g/mol. The van der Waals surface area contributed by atoms with Gasteiger partial charge in [-0.3, -0.25) is 4.99 Å². The lowest BCUT2D eigenvalue weighted by Crippen LogP contribution is -1.76. The third-order valence-electron chi connectivity index (χ3n) is 0.408. The predicted molar refractivity (Wildman–Crippen MR) is 32.8 cm³/mol. The predicted octanol–water partition coefficient (Wildman–Crippen LogP) is 1.57. The molecule has 1 heterocycles.